The van der Waals surface area contributed by atoms with Crippen molar-refractivity contribution in [3.05, 3.63) is 17.8 Å². The summed E-state index contributed by atoms with van der Waals surface area (Å²) in [5.41, 5.74) is 0. The molecule has 2 atom stereocenters. The van der Waals surface area contributed by atoms with Crippen LogP contribution in [0.2, 0.25) is 0 Å². The van der Waals surface area contributed by atoms with Gasteiger partial charge in [0.1, 0.15) is 5.76 Å². The van der Waals surface area contributed by atoms with Crippen molar-refractivity contribution < 1.29 is 4.42 Å². The second kappa shape index (κ2) is 7.06. The maximum Gasteiger partial charge on any atom is 0.208 e. The summed E-state index contributed by atoms with van der Waals surface area (Å²) >= 11 is 0. The first-order chi connectivity index (χ1) is 9.22. The van der Waals surface area contributed by atoms with E-state index in [1.165, 1.54) is 32.5 Å². The van der Waals surface area contributed by atoms with E-state index >= 15 is 0 Å². The summed E-state index contributed by atoms with van der Waals surface area (Å²) in [7, 11) is 0. The van der Waals surface area contributed by atoms with Gasteiger partial charge in [0.15, 0.2) is 0 Å². The fourth-order valence-corrected chi connectivity index (χ4v) is 2.79. The number of nitrogens with zero attached hydrogens (tertiary/aromatic N) is 2. The number of aromatic nitrogens is 1. The first-order valence-electron chi connectivity index (χ1n) is 7.62. The lowest BCUT2D eigenvalue weighted by Crippen LogP contribution is -2.44. The number of aryl methyl sites for hydroxylation is 1. The quantitative estimate of drug-likeness (QED) is 0.858. The summed E-state index contributed by atoms with van der Waals surface area (Å²) in [6.07, 6.45) is 5.40. The summed E-state index contributed by atoms with van der Waals surface area (Å²) in [6, 6.07) is 0.520. The van der Waals surface area contributed by atoms with E-state index in [0.29, 0.717) is 6.04 Å². The number of likely N-dealkylation sites (tertiary alicyclic amines) is 1. The van der Waals surface area contributed by atoms with Crippen molar-refractivity contribution in [3.8, 4) is 0 Å². The zero-order chi connectivity index (χ0) is 13.7. The molecular formula is C15H27N3O. The zero-order valence-electron chi connectivity index (χ0n) is 12.5. The van der Waals surface area contributed by atoms with Crippen LogP contribution < -0.4 is 5.32 Å². The molecule has 1 N–H and O–H groups in total. The fourth-order valence-electron chi connectivity index (χ4n) is 2.79. The largest absolute Gasteiger partial charge is 0.444 e. The van der Waals surface area contributed by atoms with Gasteiger partial charge in [0.05, 0.1) is 12.7 Å². The molecule has 108 valence electrons. The van der Waals surface area contributed by atoms with Crippen LogP contribution in [-0.4, -0.2) is 35.6 Å². The zero-order valence-corrected chi connectivity index (χ0v) is 12.5. The Bertz CT molecular complexity index is 377. The maximum atomic E-state index is 5.63. The predicted octanol–water partition coefficient (Wildman–Crippen LogP) is 2.45. The molecule has 1 fully saturated rings. The molecule has 19 heavy (non-hydrogen) atoms. The number of nitrogens with one attached hydrogen (secondary N) is 1. The van der Waals surface area contributed by atoms with Crippen LogP contribution >= 0.6 is 0 Å². The topological polar surface area (TPSA) is 41.3 Å². The van der Waals surface area contributed by atoms with Gasteiger partial charge in [-0.05, 0) is 38.8 Å². The normalized spacial score (nSPS) is 22.6. The summed E-state index contributed by atoms with van der Waals surface area (Å²) in [5.74, 6) is 2.53. The van der Waals surface area contributed by atoms with Crippen molar-refractivity contribution >= 4 is 0 Å². The number of rotatable bonds is 6. The highest BCUT2D eigenvalue weighted by atomic mass is 16.4. The number of hydrogen-bond donors (Lipinski definition) is 1. The van der Waals surface area contributed by atoms with Gasteiger partial charge in [-0.1, -0.05) is 13.8 Å². The Morgan fingerprint density at radius 3 is 3.05 bits per heavy atom. The van der Waals surface area contributed by atoms with E-state index in [9.17, 15) is 0 Å². The van der Waals surface area contributed by atoms with Crippen molar-refractivity contribution in [3.63, 3.8) is 0 Å². The highest BCUT2D eigenvalue weighted by Gasteiger charge is 2.23. The molecule has 4 heteroatoms. The van der Waals surface area contributed by atoms with Crippen LogP contribution in [0.5, 0.6) is 0 Å². The monoisotopic (exact) mass is 265 g/mol. The molecule has 0 aliphatic carbocycles. The molecule has 0 aromatic carbocycles. The van der Waals surface area contributed by atoms with Crippen molar-refractivity contribution in [2.24, 2.45) is 5.92 Å². The lowest BCUT2D eigenvalue weighted by atomic mass is 9.91. The average Bonchev–Trinajstić information content (AvgIpc) is 2.93. The summed E-state index contributed by atoms with van der Waals surface area (Å²) in [6.45, 7) is 11.0. The van der Waals surface area contributed by atoms with Crippen LogP contribution in [0.25, 0.3) is 0 Å². The van der Waals surface area contributed by atoms with E-state index in [2.05, 4.69) is 36.0 Å². The molecule has 2 heterocycles. The minimum Gasteiger partial charge on any atom is -0.444 e. The van der Waals surface area contributed by atoms with Gasteiger partial charge < -0.3 is 14.6 Å². The SMILES string of the molecule is CCc1cnc(CNC(C)C2CCCN(CC)C2)o1. The standard InChI is InChI=1S/C15H27N3O/c1-4-14-9-17-15(19-14)10-16-12(3)13-7-6-8-18(5-2)11-13/h9,12-13,16H,4-8,10-11H2,1-3H3. The molecule has 1 aliphatic rings. The van der Waals surface area contributed by atoms with Crippen molar-refractivity contribution in [1.29, 1.82) is 0 Å². The van der Waals surface area contributed by atoms with Crippen LogP contribution in [0.3, 0.4) is 0 Å². The van der Waals surface area contributed by atoms with Crippen molar-refractivity contribution in [2.75, 3.05) is 19.6 Å². The Morgan fingerprint density at radius 2 is 2.37 bits per heavy atom. The van der Waals surface area contributed by atoms with Gasteiger partial charge in [-0.2, -0.15) is 0 Å². The van der Waals surface area contributed by atoms with Gasteiger partial charge in [-0.25, -0.2) is 4.98 Å². The third-order valence-corrected chi connectivity index (χ3v) is 4.22. The van der Waals surface area contributed by atoms with Gasteiger partial charge in [0, 0.05) is 19.0 Å². The minimum absolute atomic E-state index is 0.520. The molecule has 0 bridgehead atoms. The lowest BCUT2D eigenvalue weighted by molar-refractivity contribution is 0.155. The molecule has 1 aromatic heterocycles. The summed E-state index contributed by atoms with van der Waals surface area (Å²) in [5, 5.41) is 3.57. The van der Waals surface area contributed by atoms with E-state index in [1.54, 1.807) is 0 Å². The van der Waals surface area contributed by atoms with Gasteiger partial charge >= 0.3 is 0 Å². The predicted molar refractivity (Wildman–Crippen MR) is 77.0 cm³/mol. The first kappa shape index (κ1) is 14.5. The molecule has 1 aliphatic heterocycles. The first-order valence-corrected chi connectivity index (χ1v) is 7.62. The van der Waals surface area contributed by atoms with Gasteiger partial charge in [-0.15, -0.1) is 0 Å². The third-order valence-electron chi connectivity index (χ3n) is 4.22. The molecule has 2 unspecified atom stereocenters. The number of piperidine rings is 1. The van der Waals surface area contributed by atoms with E-state index in [0.717, 1.165) is 30.5 Å². The van der Waals surface area contributed by atoms with Crippen LogP contribution in [-0.2, 0) is 13.0 Å². The van der Waals surface area contributed by atoms with Crippen LogP contribution in [0.1, 0.15) is 45.3 Å². The second-order valence-corrected chi connectivity index (χ2v) is 5.54. The third kappa shape index (κ3) is 4.05. The van der Waals surface area contributed by atoms with Gasteiger partial charge in [0.25, 0.3) is 0 Å². The van der Waals surface area contributed by atoms with Crippen LogP contribution in [0, 0.1) is 5.92 Å². The van der Waals surface area contributed by atoms with E-state index in [4.69, 9.17) is 4.42 Å². The van der Waals surface area contributed by atoms with Gasteiger partial charge in [-0.3, -0.25) is 0 Å². The van der Waals surface area contributed by atoms with Crippen molar-refractivity contribution in [1.82, 2.24) is 15.2 Å². The average molecular weight is 265 g/mol. The molecular weight excluding hydrogens is 238 g/mol. The van der Waals surface area contributed by atoms with Crippen LogP contribution in [0.15, 0.2) is 10.6 Å². The Hall–Kier alpha value is -0.870. The molecule has 2 rings (SSSR count). The number of hydrogen-bond acceptors (Lipinski definition) is 4. The Kier molecular flexibility index (Phi) is 5.40. The molecule has 0 amide bonds. The summed E-state index contributed by atoms with van der Waals surface area (Å²) < 4.78 is 5.63. The lowest BCUT2D eigenvalue weighted by Gasteiger charge is -2.35. The highest BCUT2D eigenvalue weighted by Crippen LogP contribution is 2.19. The molecule has 0 spiro atoms. The smallest absolute Gasteiger partial charge is 0.208 e. The minimum atomic E-state index is 0.520. The Morgan fingerprint density at radius 1 is 1.53 bits per heavy atom. The Balaban J connectivity index is 1.78. The fraction of sp³-hybridized carbons (Fsp3) is 0.800. The van der Waals surface area contributed by atoms with Gasteiger partial charge in [0.2, 0.25) is 5.89 Å². The highest BCUT2D eigenvalue weighted by molar-refractivity contribution is 4.93. The molecule has 4 nitrogen and oxygen atoms in total. The van der Waals surface area contributed by atoms with Crippen molar-refractivity contribution in [2.45, 2.75) is 52.6 Å². The maximum absolute atomic E-state index is 5.63. The Labute approximate surface area is 116 Å². The number of oxazole rings is 1. The van der Waals surface area contributed by atoms with Crippen LogP contribution in [0.4, 0.5) is 0 Å². The van der Waals surface area contributed by atoms with E-state index in [-0.39, 0.29) is 0 Å². The molecule has 1 saturated heterocycles. The molecule has 1 aromatic rings. The second-order valence-electron chi connectivity index (χ2n) is 5.54. The summed E-state index contributed by atoms with van der Waals surface area (Å²) in [4.78, 5) is 6.84. The van der Waals surface area contributed by atoms with E-state index < -0.39 is 0 Å². The van der Waals surface area contributed by atoms with E-state index in [1.807, 2.05) is 6.20 Å². The molecule has 0 radical (unpaired) electrons. The molecule has 0 saturated carbocycles.